The second-order valence-electron chi connectivity index (χ2n) is 4.19. The zero-order chi connectivity index (χ0) is 14.6. The zero-order valence-electron chi connectivity index (χ0n) is 11.4. The highest BCUT2D eigenvalue weighted by Gasteiger charge is 2.16. The van der Waals surface area contributed by atoms with Gasteiger partial charge in [0.05, 0.1) is 12.2 Å². The Morgan fingerprint density at radius 2 is 2.05 bits per heavy atom. The van der Waals surface area contributed by atoms with Crippen LogP contribution < -0.4 is 10.0 Å². The minimum atomic E-state index is -3.50. The van der Waals surface area contributed by atoms with Crippen LogP contribution in [0.15, 0.2) is 35.5 Å². The van der Waals surface area contributed by atoms with Gasteiger partial charge < -0.3 is 5.32 Å². The summed E-state index contributed by atoms with van der Waals surface area (Å²) < 4.78 is 28.2. The first kappa shape index (κ1) is 14.5. The summed E-state index contributed by atoms with van der Waals surface area (Å²) in [7, 11) is -1.72. The third-order valence-electron chi connectivity index (χ3n) is 2.59. The molecular weight excluding hydrogens is 278 g/mol. The molecule has 0 saturated carbocycles. The Labute approximate surface area is 118 Å². The van der Waals surface area contributed by atoms with E-state index in [0.717, 1.165) is 0 Å². The number of sulfonamides is 1. The van der Waals surface area contributed by atoms with Crippen LogP contribution in [-0.4, -0.2) is 29.7 Å². The number of anilines is 1. The van der Waals surface area contributed by atoms with Crippen LogP contribution in [0.3, 0.4) is 0 Å². The van der Waals surface area contributed by atoms with Crippen LogP contribution in [0.1, 0.15) is 12.7 Å². The lowest BCUT2D eigenvalue weighted by atomic mass is 10.3. The Morgan fingerprint density at radius 1 is 1.30 bits per heavy atom. The van der Waals surface area contributed by atoms with Crippen LogP contribution in [0.25, 0.3) is 0 Å². The van der Waals surface area contributed by atoms with Crippen molar-refractivity contribution < 1.29 is 8.42 Å². The number of nitrogens with zero attached hydrogens (tertiary/aromatic N) is 3. The summed E-state index contributed by atoms with van der Waals surface area (Å²) in [6.45, 7) is 2.45. The summed E-state index contributed by atoms with van der Waals surface area (Å²) in [6, 6.07) is 6.74. The fourth-order valence-corrected chi connectivity index (χ4v) is 2.98. The lowest BCUT2D eigenvalue weighted by Gasteiger charge is -2.11. The van der Waals surface area contributed by atoms with Gasteiger partial charge in [-0.3, -0.25) is 4.68 Å². The number of rotatable bonds is 6. The number of nitrogens with one attached hydrogen (secondary N) is 2. The van der Waals surface area contributed by atoms with Crippen molar-refractivity contribution in [1.82, 2.24) is 19.5 Å². The van der Waals surface area contributed by atoms with Gasteiger partial charge in [-0.15, -0.1) is 0 Å². The van der Waals surface area contributed by atoms with Crippen LogP contribution in [0, 0.1) is 0 Å². The number of aromatic nitrogens is 3. The topological polar surface area (TPSA) is 88.9 Å². The van der Waals surface area contributed by atoms with Crippen molar-refractivity contribution >= 4 is 15.7 Å². The first-order valence-corrected chi connectivity index (χ1v) is 7.68. The normalized spacial score (nSPS) is 11.5. The van der Waals surface area contributed by atoms with E-state index in [-0.39, 0.29) is 4.90 Å². The Kier molecular flexibility index (Phi) is 4.35. The Morgan fingerprint density at radius 3 is 2.70 bits per heavy atom. The van der Waals surface area contributed by atoms with Crippen molar-refractivity contribution in [3.8, 4) is 0 Å². The molecule has 1 aromatic carbocycles. The average Bonchev–Trinajstić information content (AvgIpc) is 2.82. The van der Waals surface area contributed by atoms with E-state index in [0.29, 0.717) is 24.6 Å². The van der Waals surface area contributed by atoms with Gasteiger partial charge in [0, 0.05) is 13.6 Å². The molecule has 1 aromatic heterocycles. The Bertz CT molecular complexity index is 681. The third-order valence-corrected chi connectivity index (χ3v) is 4.20. The van der Waals surface area contributed by atoms with E-state index in [2.05, 4.69) is 20.1 Å². The molecule has 8 heteroatoms. The van der Waals surface area contributed by atoms with Gasteiger partial charge in [-0.05, 0) is 12.1 Å². The maximum atomic E-state index is 12.1. The van der Waals surface area contributed by atoms with Crippen molar-refractivity contribution in [2.75, 3.05) is 11.9 Å². The summed E-state index contributed by atoms with van der Waals surface area (Å²) in [5.41, 5.74) is 0.529. The molecule has 108 valence electrons. The second kappa shape index (κ2) is 6.02. The number of hydrogen-bond donors (Lipinski definition) is 2. The van der Waals surface area contributed by atoms with E-state index < -0.39 is 10.0 Å². The maximum Gasteiger partial charge on any atom is 0.242 e. The average molecular weight is 295 g/mol. The fraction of sp³-hybridized carbons (Fsp3) is 0.333. The van der Waals surface area contributed by atoms with Gasteiger partial charge in [0.1, 0.15) is 11.2 Å². The molecule has 0 aliphatic rings. The fourth-order valence-electron chi connectivity index (χ4n) is 1.75. The van der Waals surface area contributed by atoms with Crippen molar-refractivity contribution in [2.24, 2.45) is 7.05 Å². The molecule has 20 heavy (non-hydrogen) atoms. The molecule has 7 nitrogen and oxygen atoms in total. The Hall–Kier alpha value is -1.93. The quantitative estimate of drug-likeness (QED) is 0.820. The molecule has 2 aromatic rings. The molecule has 0 aliphatic heterocycles. The molecule has 2 rings (SSSR count). The first-order valence-electron chi connectivity index (χ1n) is 6.20. The summed E-state index contributed by atoms with van der Waals surface area (Å²) in [5, 5.41) is 7.18. The Balaban J connectivity index is 2.20. The van der Waals surface area contributed by atoms with E-state index in [4.69, 9.17) is 0 Å². The summed E-state index contributed by atoms with van der Waals surface area (Å²) in [6.07, 6.45) is 1.60. The van der Waals surface area contributed by atoms with E-state index in [9.17, 15) is 8.42 Å². The van der Waals surface area contributed by atoms with Crippen LogP contribution in [0.4, 0.5) is 5.69 Å². The molecule has 2 N–H and O–H groups in total. The molecule has 0 atom stereocenters. The van der Waals surface area contributed by atoms with Crippen molar-refractivity contribution in [1.29, 1.82) is 0 Å². The standard InChI is InChI=1S/C12H17N5O2S/c1-3-15-20(18,19)11-7-5-4-6-10(11)13-8-12-14-9-17(2)16-12/h4-7,9,13,15H,3,8H2,1-2H3. The summed E-state index contributed by atoms with van der Waals surface area (Å²) >= 11 is 0. The second-order valence-corrected chi connectivity index (χ2v) is 5.92. The molecule has 0 radical (unpaired) electrons. The molecule has 0 amide bonds. The van der Waals surface area contributed by atoms with Gasteiger partial charge >= 0.3 is 0 Å². The van der Waals surface area contributed by atoms with Crippen molar-refractivity contribution in [3.05, 3.63) is 36.4 Å². The monoisotopic (exact) mass is 295 g/mol. The van der Waals surface area contributed by atoms with E-state index in [1.165, 1.54) is 0 Å². The molecule has 0 spiro atoms. The lowest BCUT2D eigenvalue weighted by molar-refractivity contribution is 0.584. The smallest absolute Gasteiger partial charge is 0.242 e. The highest BCUT2D eigenvalue weighted by atomic mass is 32.2. The molecule has 0 saturated heterocycles. The minimum absolute atomic E-state index is 0.220. The summed E-state index contributed by atoms with van der Waals surface area (Å²) in [5.74, 6) is 0.600. The largest absolute Gasteiger partial charge is 0.377 e. The van der Waals surface area contributed by atoms with E-state index in [1.807, 2.05) is 0 Å². The molecule has 0 fully saturated rings. The van der Waals surface area contributed by atoms with Crippen molar-refractivity contribution in [2.45, 2.75) is 18.4 Å². The van der Waals surface area contributed by atoms with Crippen LogP contribution in [-0.2, 0) is 23.6 Å². The van der Waals surface area contributed by atoms with Gasteiger partial charge in [0.15, 0.2) is 5.82 Å². The summed E-state index contributed by atoms with van der Waals surface area (Å²) in [4.78, 5) is 4.30. The van der Waals surface area contributed by atoms with Gasteiger partial charge in [-0.2, -0.15) is 5.10 Å². The van der Waals surface area contributed by atoms with Crippen LogP contribution in [0.5, 0.6) is 0 Å². The lowest BCUT2D eigenvalue weighted by Crippen LogP contribution is -2.24. The van der Waals surface area contributed by atoms with Crippen LogP contribution in [0.2, 0.25) is 0 Å². The SMILES string of the molecule is CCNS(=O)(=O)c1ccccc1NCc1ncn(C)n1. The molecule has 0 unspecified atom stereocenters. The third kappa shape index (κ3) is 3.34. The predicted octanol–water partition coefficient (Wildman–Crippen LogP) is 0.725. The van der Waals surface area contributed by atoms with Crippen molar-refractivity contribution in [3.63, 3.8) is 0 Å². The van der Waals surface area contributed by atoms with Gasteiger partial charge in [-0.25, -0.2) is 18.1 Å². The van der Waals surface area contributed by atoms with Crippen LogP contribution >= 0.6 is 0 Å². The minimum Gasteiger partial charge on any atom is -0.377 e. The number of aryl methyl sites for hydroxylation is 1. The van der Waals surface area contributed by atoms with E-state index >= 15 is 0 Å². The highest BCUT2D eigenvalue weighted by molar-refractivity contribution is 7.89. The maximum absolute atomic E-state index is 12.1. The van der Waals surface area contributed by atoms with Gasteiger partial charge in [0.25, 0.3) is 0 Å². The highest BCUT2D eigenvalue weighted by Crippen LogP contribution is 2.20. The molecule has 1 heterocycles. The number of hydrogen-bond acceptors (Lipinski definition) is 5. The van der Waals surface area contributed by atoms with Gasteiger partial charge in [-0.1, -0.05) is 19.1 Å². The molecular formula is C12H17N5O2S. The molecule has 0 bridgehead atoms. The first-order chi connectivity index (χ1) is 9.53. The number of benzene rings is 1. The van der Waals surface area contributed by atoms with E-state index in [1.54, 1.807) is 49.2 Å². The predicted molar refractivity (Wildman–Crippen MR) is 75.6 cm³/mol. The van der Waals surface area contributed by atoms with Gasteiger partial charge in [0.2, 0.25) is 10.0 Å². The molecule has 0 aliphatic carbocycles. The zero-order valence-corrected chi connectivity index (χ0v) is 12.2. The number of para-hydroxylation sites is 1.